The molecule has 26 heavy (non-hydrogen) atoms. The first kappa shape index (κ1) is 16.0. The van der Waals surface area contributed by atoms with E-state index >= 15 is 0 Å². The van der Waals surface area contributed by atoms with Crippen molar-refractivity contribution in [3.8, 4) is 0 Å². The smallest absolute Gasteiger partial charge is 0.258 e. The Labute approximate surface area is 150 Å². The third kappa shape index (κ3) is 2.82. The van der Waals surface area contributed by atoms with Gasteiger partial charge in [0.05, 0.1) is 10.6 Å². The van der Waals surface area contributed by atoms with Crippen molar-refractivity contribution in [2.75, 3.05) is 0 Å². The average Bonchev–Trinajstić information content (AvgIpc) is 2.66. The van der Waals surface area contributed by atoms with Gasteiger partial charge in [-0.2, -0.15) is 0 Å². The van der Waals surface area contributed by atoms with E-state index in [2.05, 4.69) is 35.3 Å². The lowest BCUT2D eigenvalue weighted by Crippen LogP contribution is -1.91. The predicted octanol–water partition coefficient (Wildman–Crippen LogP) is 5.96. The minimum atomic E-state index is -0.373. The van der Waals surface area contributed by atoms with Crippen LogP contribution in [0, 0.1) is 17.0 Å². The Kier molecular flexibility index (Phi) is 3.93. The highest BCUT2D eigenvalue weighted by Gasteiger charge is 2.11. The van der Waals surface area contributed by atoms with Gasteiger partial charge in [0.1, 0.15) is 0 Å². The highest BCUT2D eigenvalue weighted by Crippen LogP contribution is 2.29. The summed E-state index contributed by atoms with van der Waals surface area (Å²) >= 11 is 0. The van der Waals surface area contributed by atoms with Crippen LogP contribution in [0.3, 0.4) is 0 Å². The van der Waals surface area contributed by atoms with E-state index in [9.17, 15) is 10.1 Å². The van der Waals surface area contributed by atoms with Gasteiger partial charge in [-0.3, -0.25) is 15.1 Å². The van der Waals surface area contributed by atoms with Gasteiger partial charge in [-0.1, -0.05) is 54.6 Å². The number of hydrogen-bond donors (Lipinski definition) is 0. The van der Waals surface area contributed by atoms with Gasteiger partial charge in [0, 0.05) is 23.4 Å². The van der Waals surface area contributed by atoms with E-state index in [1.165, 1.54) is 6.07 Å². The number of hydrogen-bond acceptors (Lipinski definition) is 3. The third-order valence-corrected chi connectivity index (χ3v) is 4.55. The summed E-state index contributed by atoms with van der Waals surface area (Å²) in [4.78, 5) is 15.3. The first-order valence-electron chi connectivity index (χ1n) is 8.33. The van der Waals surface area contributed by atoms with E-state index in [1.54, 1.807) is 25.3 Å². The maximum Gasteiger partial charge on any atom is 0.274 e. The summed E-state index contributed by atoms with van der Waals surface area (Å²) in [6.45, 7) is 1.73. The third-order valence-electron chi connectivity index (χ3n) is 4.55. The fourth-order valence-electron chi connectivity index (χ4n) is 3.20. The summed E-state index contributed by atoms with van der Waals surface area (Å²) in [5.41, 5.74) is 2.30. The Morgan fingerprint density at radius 1 is 0.885 bits per heavy atom. The number of nitro groups is 1. The van der Waals surface area contributed by atoms with E-state index in [1.807, 2.05) is 24.3 Å². The highest BCUT2D eigenvalue weighted by molar-refractivity contribution is 6.13. The summed E-state index contributed by atoms with van der Waals surface area (Å²) < 4.78 is 0. The van der Waals surface area contributed by atoms with E-state index in [4.69, 9.17) is 0 Å². The molecule has 0 fully saturated rings. The van der Waals surface area contributed by atoms with Crippen molar-refractivity contribution in [1.29, 1.82) is 0 Å². The summed E-state index contributed by atoms with van der Waals surface area (Å²) in [6, 6.07) is 23.5. The lowest BCUT2D eigenvalue weighted by Gasteiger charge is -2.08. The molecule has 0 unspecified atom stereocenters. The maximum atomic E-state index is 11.2. The average molecular weight is 340 g/mol. The second-order valence-corrected chi connectivity index (χ2v) is 6.22. The fraction of sp³-hybridized carbons (Fsp3) is 0.0455. The molecule has 0 bridgehead atoms. The summed E-state index contributed by atoms with van der Waals surface area (Å²) in [7, 11) is 0. The van der Waals surface area contributed by atoms with E-state index in [0.717, 1.165) is 27.1 Å². The molecular weight excluding hydrogens is 324 g/mol. The quantitative estimate of drug-likeness (QED) is 0.200. The van der Waals surface area contributed by atoms with E-state index in [-0.39, 0.29) is 10.6 Å². The number of rotatable bonds is 3. The van der Waals surface area contributed by atoms with Crippen LogP contribution in [-0.2, 0) is 0 Å². The number of aliphatic imine (C=N–C) groups is 1. The lowest BCUT2D eigenvalue weighted by molar-refractivity contribution is -0.385. The molecule has 0 aliphatic heterocycles. The Balaban J connectivity index is 1.90. The molecule has 0 heterocycles. The van der Waals surface area contributed by atoms with Crippen LogP contribution in [0.5, 0.6) is 0 Å². The van der Waals surface area contributed by atoms with Crippen molar-refractivity contribution in [3.05, 3.63) is 94.0 Å². The first-order valence-corrected chi connectivity index (χ1v) is 8.33. The molecule has 0 amide bonds. The molecule has 0 saturated heterocycles. The number of nitro benzene ring substituents is 1. The second-order valence-electron chi connectivity index (χ2n) is 6.22. The molecule has 0 aliphatic carbocycles. The van der Waals surface area contributed by atoms with Crippen molar-refractivity contribution in [2.45, 2.75) is 6.92 Å². The van der Waals surface area contributed by atoms with Crippen molar-refractivity contribution >= 4 is 39.1 Å². The molecule has 0 radical (unpaired) electrons. The minimum absolute atomic E-state index is 0.0856. The van der Waals surface area contributed by atoms with Gasteiger partial charge in [0.25, 0.3) is 5.69 Å². The van der Waals surface area contributed by atoms with Gasteiger partial charge >= 0.3 is 0 Å². The molecule has 4 nitrogen and oxygen atoms in total. The lowest BCUT2D eigenvalue weighted by atomic mass is 9.97. The molecule has 4 heteroatoms. The molecule has 4 rings (SSSR count). The zero-order chi connectivity index (χ0) is 18.1. The van der Waals surface area contributed by atoms with Crippen LogP contribution >= 0.6 is 0 Å². The molecule has 0 aromatic heterocycles. The van der Waals surface area contributed by atoms with Gasteiger partial charge in [-0.15, -0.1) is 0 Å². The summed E-state index contributed by atoms with van der Waals surface area (Å²) in [6.07, 6.45) is 1.80. The van der Waals surface area contributed by atoms with E-state index in [0.29, 0.717) is 11.3 Å². The Bertz CT molecular complexity index is 1130. The Hall–Kier alpha value is -3.53. The number of nitrogens with zero attached hydrogens (tertiary/aromatic N) is 2. The largest absolute Gasteiger partial charge is 0.274 e. The normalized spacial score (nSPS) is 11.4. The Morgan fingerprint density at radius 3 is 2.12 bits per heavy atom. The zero-order valence-electron chi connectivity index (χ0n) is 14.2. The van der Waals surface area contributed by atoms with Crippen LogP contribution in [0.2, 0.25) is 0 Å². The molecule has 0 spiro atoms. The van der Waals surface area contributed by atoms with Gasteiger partial charge in [0.2, 0.25) is 0 Å². The zero-order valence-corrected chi connectivity index (χ0v) is 14.2. The van der Waals surface area contributed by atoms with Crippen LogP contribution in [0.1, 0.15) is 11.1 Å². The van der Waals surface area contributed by atoms with Crippen molar-refractivity contribution < 1.29 is 4.92 Å². The van der Waals surface area contributed by atoms with E-state index < -0.39 is 0 Å². The number of fused-ring (bicyclic) bond motifs is 2. The summed E-state index contributed by atoms with van der Waals surface area (Å²) in [5, 5.41) is 15.6. The maximum absolute atomic E-state index is 11.2. The van der Waals surface area contributed by atoms with Crippen LogP contribution in [0.15, 0.2) is 77.8 Å². The van der Waals surface area contributed by atoms with Gasteiger partial charge in [0.15, 0.2) is 0 Å². The Morgan fingerprint density at radius 2 is 1.50 bits per heavy atom. The number of benzene rings is 4. The van der Waals surface area contributed by atoms with Crippen LogP contribution in [-0.4, -0.2) is 11.1 Å². The molecular formula is C22H16N2O2. The molecule has 4 aromatic carbocycles. The van der Waals surface area contributed by atoms with Crippen molar-refractivity contribution in [3.63, 3.8) is 0 Å². The van der Waals surface area contributed by atoms with Gasteiger partial charge in [-0.05, 0) is 40.6 Å². The molecule has 4 aromatic rings. The second kappa shape index (κ2) is 6.41. The van der Waals surface area contributed by atoms with Gasteiger partial charge in [-0.25, -0.2) is 0 Å². The fourth-order valence-corrected chi connectivity index (χ4v) is 3.20. The standard InChI is InChI=1S/C22H16N2O2/c1-15-10-11-18(13-22(15)24(25)26)23-14-21-19-8-4-2-6-16(19)12-17-7-3-5-9-20(17)21/h2-14H,1H3. The van der Waals surface area contributed by atoms with Crippen LogP contribution < -0.4 is 0 Å². The van der Waals surface area contributed by atoms with Crippen molar-refractivity contribution in [1.82, 2.24) is 0 Å². The predicted molar refractivity (Wildman–Crippen MR) is 107 cm³/mol. The topological polar surface area (TPSA) is 55.5 Å². The molecule has 0 aliphatic rings. The SMILES string of the molecule is Cc1ccc(N=Cc2c3ccccc3cc3ccccc23)cc1[N+](=O)[O-]. The van der Waals surface area contributed by atoms with Gasteiger partial charge < -0.3 is 0 Å². The molecule has 126 valence electrons. The molecule has 0 atom stereocenters. The molecule has 0 saturated carbocycles. The monoisotopic (exact) mass is 340 g/mol. The minimum Gasteiger partial charge on any atom is -0.258 e. The van der Waals surface area contributed by atoms with Crippen molar-refractivity contribution in [2.24, 2.45) is 4.99 Å². The van der Waals surface area contributed by atoms with Crippen LogP contribution in [0.4, 0.5) is 11.4 Å². The first-order chi connectivity index (χ1) is 12.6. The molecule has 0 N–H and O–H groups in total. The number of aryl methyl sites for hydroxylation is 1. The van der Waals surface area contributed by atoms with Crippen LogP contribution in [0.25, 0.3) is 21.5 Å². The summed E-state index contributed by atoms with van der Waals surface area (Å²) in [5.74, 6) is 0. The highest BCUT2D eigenvalue weighted by atomic mass is 16.6.